The van der Waals surface area contributed by atoms with E-state index in [1.807, 2.05) is 0 Å². The molecular weight excluding hydrogens is 384 g/mol. The first-order valence-corrected chi connectivity index (χ1v) is 12.8. The van der Waals surface area contributed by atoms with Gasteiger partial charge in [0.25, 0.3) is 0 Å². The summed E-state index contributed by atoms with van der Waals surface area (Å²) in [6.07, 6.45) is 10.7. The Morgan fingerprint density at radius 3 is 2.84 bits per heavy atom. The normalized spacial score (nSPS) is 37.2. The van der Waals surface area contributed by atoms with Gasteiger partial charge in [0, 0.05) is 18.5 Å². The van der Waals surface area contributed by atoms with Gasteiger partial charge < -0.3 is 15.4 Å². The Kier molecular flexibility index (Phi) is 5.79. The van der Waals surface area contributed by atoms with Crippen molar-refractivity contribution in [2.24, 2.45) is 28.9 Å². The molecule has 4 aliphatic rings. The van der Waals surface area contributed by atoms with Crippen LogP contribution >= 0.6 is 0 Å². The van der Waals surface area contributed by atoms with Crippen molar-refractivity contribution in [1.29, 1.82) is 0 Å². The van der Waals surface area contributed by atoms with E-state index in [1.165, 1.54) is 56.2 Å². The van der Waals surface area contributed by atoms with Gasteiger partial charge >= 0.3 is 0 Å². The Balaban J connectivity index is 1.24. The van der Waals surface area contributed by atoms with Crippen LogP contribution in [0.1, 0.15) is 82.3 Å². The molecule has 1 aliphatic heterocycles. The molecule has 0 spiro atoms. The number of fused-ring (bicyclic) bond motifs is 5. The number of hydrogen-bond acceptors (Lipinski definition) is 3. The highest BCUT2D eigenvalue weighted by Crippen LogP contribution is 2.62. The minimum absolute atomic E-state index is 0.0627. The van der Waals surface area contributed by atoms with Crippen molar-refractivity contribution in [2.75, 3.05) is 19.7 Å². The van der Waals surface area contributed by atoms with Crippen molar-refractivity contribution in [3.63, 3.8) is 0 Å². The first kappa shape index (κ1) is 21.3. The minimum Gasteiger partial charge on any atom is -0.494 e. The minimum atomic E-state index is -0.0627. The molecule has 5 rings (SSSR count). The summed E-state index contributed by atoms with van der Waals surface area (Å²) in [5.74, 6) is 2.73. The van der Waals surface area contributed by atoms with E-state index in [1.54, 1.807) is 0 Å². The lowest BCUT2D eigenvalue weighted by Crippen LogP contribution is -2.44. The molecule has 1 heterocycles. The Hall–Kier alpha value is -1.55. The van der Waals surface area contributed by atoms with Crippen LogP contribution in [0.15, 0.2) is 18.2 Å². The number of primary amides is 1. The summed E-state index contributed by atoms with van der Waals surface area (Å²) in [6, 6.07) is 7.57. The molecule has 3 fully saturated rings. The Morgan fingerprint density at radius 1 is 1.23 bits per heavy atom. The second-order valence-electron chi connectivity index (χ2n) is 11.2. The number of nitrogens with zero attached hydrogens (tertiary/aromatic N) is 1. The van der Waals surface area contributed by atoms with E-state index in [4.69, 9.17) is 10.5 Å². The lowest BCUT2D eigenvalue weighted by atomic mass is 9.54. The molecule has 0 bridgehead atoms. The third-order valence-electron chi connectivity index (χ3n) is 9.44. The summed E-state index contributed by atoms with van der Waals surface area (Å²) < 4.78 is 6.15. The maximum absolute atomic E-state index is 12.2. The average molecular weight is 425 g/mol. The van der Waals surface area contributed by atoms with Crippen molar-refractivity contribution in [3.8, 4) is 5.75 Å². The van der Waals surface area contributed by atoms with Gasteiger partial charge in [-0.3, -0.25) is 4.79 Å². The molecule has 170 valence electrons. The zero-order valence-electron chi connectivity index (χ0n) is 19.4. The summed E-state index contributed by atoms with van der Waals surface area (Å²) in [5, 5.41) is 0. The fraction of sp³-hybridized carbons (Fsp3) is 0.741. The highest BCUT2D eigenvalue weighted by Gasteiger charge is 2.55. The fourth-order valence-corrected chi connectivity index (χ4v) is 7.81. The van der Waals surface area contributed by atoms with Crippen molar-refractivity contribution in [1.82, 2.24) is 4.90 Å². The highest BCUT2D eigenvalue weighted by atomic mass is 16.5. The zero-order valence-corrected chi connectivity index (χ0v) is 19.4. The molecule has 6 unspecified atom stereocenters. The van der Waals surface area contributed by atoms with Gasteiger partial charge in [-0.05, 0) is 118 Å². The van der Waals surface area contributed by atoms with Gasteiger partial charge in [0.05, 0.1) is 6.61 Å². The molecule has 1 amide bonds. The molecule has 2 N–H and O–H groups in total. The SMILES string of the molecule is CC1CCCN1CCCOc1ccc2c(c1)CCC1C2CCC2(C)CCC(C(N)=O)C12. The largest absolute Gasteiger partial charge is 0.494 e. The summed E-state index contributed by atoms with van der Waals surface area (Å²) in [7, 11) is 0. The van der Waals surface area contributed by atoms with Gasteiger partial charge in [0.15, 0.2) is 0 Å². The summed E-state index contributed by atoms with van der Waals surface area (Å²) >= 11 is 0. The monoisotopic (exact) mass is 424 g/mol. The van der Waals surface area contributed by atoms with Crippen LogP contribution in [-0.2, 0) is 11.2 Å². The number of nitrogens with two attached hydrogens (primary N) is 1. The fourth-order valence-electron chi connectivity index (χ4n) is 7.81. The van der Waals surface area contributed by atoms with Crippen molar-refractivity contribution in [3.05, 3.63) is 29.3 Å². The molecule has 3 aliphatic carbocycles. The standard InChI is InChI=1S/C27H40N2O2/c1-18-5-3-14-29(18)15-4-16-31-20-7-9-21-19(17-20)6-8-23-22(21)10-12-27(2)13-11-24(25(23)27)26(28)30/h7,9,17-18,22-25H,3-6,8,10-16H2,1-2H3,(H2,28,30). The van der Waals surface area contributed by atoms with Gasteiger partial charge in [-0.1, -0.05) is 13.0 Å². The molecule has 4 heteroatoms. The van der Waals surface area contributed by atoms with Crippen LogP contribution in [-0.4, -0.2) is 36.5 Å². The molecule has 1 aromatic rings. The number of benzene rings is 1. The Bertz CT molecular complexity index is 823. The van der Waals surface area contributed by atoms with Crippen LogP contribution in [0.25, 0.3) is 0 Å². The summed E-state index contributed by atoms with van der Waals surface area (Å²) in [4.78, 5) is 14.8. The van der Waals surface area contributed by atoms with Crippen LogP contribution in [0.4, 0.5) is 0 Å². The molecule has 2 saturated carbocycles. The third-order valence-corrected chi connectivity index (χ3v) is 9.44. The molecule has 0 radical (unpaired) electrons. The molecule has 4 nitrogen and oxygen atoms in total. The van der Waals surface area contributed by atoms with Gasteiger partial charge in [0.1, 0.15) is 5.75 Å². The lowest BCUT2D eigenvalue weighted by molar-refractivity contribution is -0.125. The smallest absolute Gasteiger partial charge is 0.220 e. The number of carbonyl (C=O) groups is 1. The van der Waals surface area contributed by atoms with Crippen molar-refractivity contribution >= 4 is 5.91 Å². The first-order valence-electron chi connectivity index (χ1n) is 12.8. The number of hydrogen-bond donors (Lipinski definition) is 1. The predicted octanol–water partition coefficient (Wildman–Crippen LogP) is 4.90. The van der Waals surface area contributed by atoms with E-state index in [-0.39, 0.29) is 11.8 Å². The summed E-state index contributed by atoms with van der Waals surface area (Å²) in [5.41, 5.74) is 9.16. The second kappa shape index (κ2) is 8.42. The third kappa shape index (κ3) is 3.90. The summed E-state index contributed by atoms with van der Waals surface area (Å²) in [6.45, 7) is 7.97. The maximum atomic E-state index is 12.2. The molecule has 6 atom stereocenters. The number of aryl methyl sites for hydroxylation is 1. The number of rotatable bonds is 6. The topological polar surface area (TPSA) is 55.6 Å². The number of carbonyl (C=O) groups excluding carboxylic acids is 1. The van der Waals surface area contributed by atoms with E-state index >= 15 is 0 Å². The molecule has 0 aromatic heterocycles. The molecule has 1 aromatic carbocycles. The van der Waals surface area contributed by atoms with E-state index in [2.05, 4.69) is 36.9 Å². The molecule has 1 saturated heterocycles. The van der Waals surface area contributed by atoms with Crippen LogP contribution in [0, 0.1) is 23.2 Å². The van der Waals surface area contributed by atoms with Gasteiger partial charge in [-0.25, -0.2) is 0 Å². The number of ether oxygens (including phenoxy) is 1. The van der Waals surface area contributed by atoms with Gasteiger partial charge in [0.2, 0.25) is 5.91 Å². The van der Waals surface area contributed by atoms with Gasteiger partial charge in [-0.15, -0.1) is 0 Å². The van der Waals surface area contributed by atoms with Crippen LogP contribution in [0.3, 0.4) is 0 Å². The predicted molar refractivity (Wildman–Crippen MR) is 124 cm³/mol. The van der Waals surface area contributed by atoms with E-state index in [0.29, 0.717) is 23.2 Å². The first-order chi connectivity index (χ1) is 15.0. The van der Waals surface area contributed by atoms with E-state index < -0.39 is 0 Å². The van der Waals surface area contributed by atoms with E-state index in [0.717, 1.165) is 44.2 Å². The Labute approximate surface area is 187 Å². The second-order valence-corrected chi connectivity index (χ2v) is 11.2. The van der Waals surface area contributed by atoms with Crippen molar-refractivity contribution in [2.45, 2.75) is 83.6 Å². The van der Waals surface area contributed by atoms with Crippen LogP contribution < -0.4 is 10.5 Å². The van der Waals surface area contributed by atoms with Crippen molar-refractivity contribution < 1.29 is 9.53 Å². The number of amides is 1. The molecular formula is C27H40N2O2. The lowest BCUT2D eigenvalue weighted by Gasteiger charge is -2.50. The zero-order chi connectivity index (χ0) is 21.6. The average Bonchev–Trinajstić information content (AvgIpc) is 3.33. The van der Waals surface area contributed by atoms with E-state index in [9.17, 15) is 4.79 Å². The maximum Gasteiger partial charge on any atom is 0.220 e. The highest BCUT2D eigenvalue weighted by molar-refractivity contribution is 5.77. The quantitative estimate of drug-likeness (QED) is 0.661. The number of likely N-dealkylation sites (tertiary alicyclic amines) is 1. The van der Waals surface area contributed by atoms with Gasteiger partial charge in [-0.2, -0.15) is 0 Å². The molecule has 31 heavy (non-hydrogen) atoms. The van der Waals surface area contributed by atoms with Crippen LogP contribution in [0.2, 0.25) is 0 Å². The van der Waals surface area contributed by atoms with Crippen LogP contribution in [0.5, 0.6) is 5.75 Å². The Morgan fingerprint density at radius 2 is 2.06 bits per heavy atom.